The van der Waals surface area contributed by atoms with E-state index in [1.165, 1.54) is 0 Å². The monoisotopic (exact) mass is 300 g/mol. The first-order chi connectivity index (χ1) is 9.59. The number of nitrogens with one attached hydrogen (secondary N) is 1. The van der Waals surface area contributed by atoms with Crippen LogP contribution < -0.4 is 5.32 Å². The molecular formula is C15H28N2O2S. The first kappa shape index (κ1) is 16.1. The van der Waals surface area contributed by atoms with Crippen molar-refractivity contribution >= 4 is 17.7 Å². The second kappa shape index (κ2) is 7.14. The Labute approximate surface area is 127 Å². The lowest BCUT2D eigenvalue weighted by atomic mass is 9.78. The van der Waals surface area contributed by atoms with Crippen LogP contribution in [0.1, 0.15) is 26.7 Å². The van der Waals surface area contributed by atoms with Crippen molar-refractivity contribution in [2.24, 2.45) is 11.3 Å². The Bertz CT molecular complexity index is 324. The van der Waals surface area contributed by atoms with Crippen molar-refractivity contribution in [2.45, 2.75) is 31.9 Å². The number of hydrogen-bond donors (Lipinski definition) is 1. The lowest BCUT2D eigenvalue weighted by Crippen LogP contribution is -2.54. The van der Waals surface area contributed by atoms with Gasteiger partial charge in [0.05, 0.1) is 12.0 Å². The van der Waals surface area contributed by atoms with Crippen LogP contribution in [0.4, 0.5) is 0 Å². The molecule has 2 saturated heterocycles. The summed E-state index contributed by atoms with van der Waals surface area (Å²) in [5.74, 6) is 2.02. The third kappa shape index (κ3) is 3.49. The normalized spacial score (nSPS) is 26.8. The fourth-order valence-corrected chi connectivity index (χ4v) is 4.50. The molecule has 0 aliphatic carbocycles. The Hall–Kier alpha value is -0.260. The zero-order valence-electron chi connectivity index (χ0n) is 13.0. The van der Waals surface area contributed by atoms with Crippen LogP contribution in [0.3, 0.4) is 0 Å². The quantitative estimate of drug-likeness (QED) is 0.856. The molecule has 1 atom stereocenters. The summed E-state index contributed by atoms with van der Waals surface area (Å²) in [6, 6.07) is 0. The van der Waals surface area contributed by atoms with Gasteiger partial charge in [-0.3, -0.25) is 4.79 Å². The van der Waals surface area contributed by atoms with E-state index in [9.17, 15) is 4.79 Å². The summed E-state index contributed by atoms with van der Waals surface area (Å²) in [6.07, 6.45) is 1.80. The summed E-state index contributed by atoms with van der Waals surface area (Å²) < 4.78 is 5.39. The average Bonchev–Trinajstić information content (AvgIpc) is 2.48. The van der Waals surface area contributed by atoms with Crippen molar-refractivity contribution in [3.05, 3.63) is 0 Å². The van der Waals surface area contributed by atoms with Crippen molar-refractivity contribution < 1.29 is 9.53 Å². The molecule has 20 heavy (non-hydrogen) atoms. The lowest BCUT2D eigenvalue weighted by Gasteiger charge is -2.42. The molecule has 0 aromatic heterocycles. The Morgan fingerprint density at radius 3 is 2.75 bits per heavy atom. The maximum Gasteiger partial charge on any atom is 0.231 e. The summed E-state index contributed by atoms with van der Waals surface area (Å²) in [6.45, 7) is 8.70. The Morgan fingerprint density at radius 1 is 1.45 bits per heavy atom. The maximum atomic E-state index is 13.0. The number of ether oxygens (including phenoxy) is 1. The molecule has 2 aliphatic rings. The predicted molar refractivity (Wildman–Crippen MR) is 84.1 cm³/mol. The van der Waals surface area contributed by atoms with E-state index in [1.54, 1.807) is 7.11 Å². The molecule has 1 N–H and O–H groups in total. The van der Waals surface area contributed by atoms with Gasteiger partial charge in [-0.25, -0.2) is 0 Å². The highest BCUT2D eigenvalue weighted by molar-refractivity contribution is 8.00. The molecule has 2 rings (SSSR count). The van der Waals surface area contributed by atoms with E-state index < -0.39 is 0 Å². The molecule has 1 unspecified atom stereocenters. The average molecular weight is 300 g/mol. The van der Waals surface area contributed by atoms with Crippen LogP contribution in [0.25, 0.3) is 0 Å². The smallest absolute Gasteiger partial charge is 0.231 e. The summed E-state index contributed by atoms with van der Waals surface area (Å²) in [7, 11) is 1.71. The number of methoxy groups -OCH3 is 1. The fourth-order valence-electron chi connectivity index (χ4n) is 3.20. The highest BCUT2D eigenvalue weighted by atomic mass is 32.2. The van der Waals surface area contributed by atoms with Crippen molar-refractivity contribution in [1.82, 2.24) is 10.2 Å². The van der Waals surface area contributed by atoms with Gasteiger partial charge in [-0.05, 0) is 31.8 Å². The number of amides is 1. The van der Waals surface area contributed by atoms with Crippen LogP contribution in [0.5, 0.6) is 0 Å². The van der Waals surface area contributed by atoms with E-state index in [1.807, 2.05) is 11.8 Å². The van der Waals surface area contributed by atoms with Gasteiger partial charge in [0.1, 0.15) is 0 Å². The SMILES string of the molecule is COCC1(C(=O)N2CCSC(C(C)C)C2)CCNCC1. The van der Waals surface area contributed by atoms with Crippen LogP contribution >= 0.6 is 11.8 Å². The van der Waals surface area contributed by atoms with Crippen LogP contribution in [-0.4, -0.2) is 61.7 Å². The number of thioether (sulfide) groups is 1. The molecule has 0 saturated carbocycles. The fraction of sp³-hybridized carbons (Fsp3) is 0.933. The van der Waals surface area contributed by atoms with E-state index in [0.717, 1.165) is 44.8 Å². The zero-order valence-corrected chi connectivity index (χ0v) is 13.8. The summed E-state index contributed by atoms with van der Waals surface area (Å²) >= 11 is 2.01. The third-order valence-electron chi connectivity index (χ3n) is 4.56. The number of piperidine rings is 1. The highest BCUT2D eigenvalue weighted by Gasteiger charge is 2.43. The van der Waals surface area contributed by atoms with Crippen LogP contribution in [0.2, 0.25) is 0 Å². The van der Waals surface area contributed by atoms with E-state index in [-0.39, 0.29) is 5.41 Å². The van der Waals surface area contributed by atoms with E-state index in [2.05, 4.69) is 24.1 Å². The topological polar surface area (TPSA) is 41.6 Å². The molecule has 116 valence electrons. The van der Waals surface area contributed by atoms with E-state index in [0.29, 0.717) is 23.7 Å². The van der Waals surface area contributed by atoms with Gasteiger partial charge < -0.3 is 15.0 Å². The molecular weight excluding hydrogens is 272 g/mol. The first-order valence-electron chi connectivity index (χ1n) is 7.70. The van der Waals surface area contributed by atoms with Gasteiger partial charge in [0.25, 0.3) is 0 Å². The minimum Gasteiger partial charge on any atom is -0.384 e. The van der Waals surface area contributed by atoms with Crippen molar-refractivity contribution in [1.29, 1.82) is 0 Å². The lowest BCUT2D eigenvalue weighted by molar-refractivity contribution is -0.147. The van der Waals surface area contributed by atoms with Crippen molar-refractivity contribution in [2.75, 3.05) is 45.6 Å². The molecule has 4 nitrogen and oxygen atoms in total. The molecule has 0 bridgehead atoms. The van der Waals surface area contributed by atoms with Gasteiger partial charge >= 0.3 is 0 Å². The summed E-state index contributed by atoms with van der Waals surface area (Å²) in [5, 5.41) is 3.93. The van der Waals surface area contributed by atoms with Gasteiger partial charge in [-0.2, -0.15) is 11.8 Å². The molecule has 0 radical (unpaired) electrons. The number of nitrogens with zero attached hydrogens (tertiary/aromatic N) is 1. The zero-order chi connectivity index (χ0) is 14.6. The second-order valence-corrected chi connectivity index (χ2v) is 7.71. The molecule has 2 aliphatic heterocycles. The van der Waals surface area contributed by atoms with Gasteiger partial charge in [0.15, 0.2) is 0 Å². The minimum absolute atomic E-state index is 0.288. The molecule has 0 aromatic rings. The van der Waals surface area contributed by atoms with E-state index >= 15 is 0 Å². The van der Waals surface area contributed by atoms with Crippen molar-refractivity contribution in [3.8, 4) is 0 Å². The molecule has 5 heteroatoms. The molecule has 2 fully saturated rings. The standard InChI is InChI=1S/C15H28N2O2S/c1-12(2)13-10-17(8-9-20-13)14(18)15(11-19-3)4-6-16-7-5-15/h12-13,16H,4-11H2,1-3H3. The maximum absolute atomic E-state index is 13.0. The Balaban J connectivity index is 2.06. The first-order valence-corrected chi connectivity index (χ1v) is 8.74. The van der Waals surface area contributed by atoms with Crippen molar-refractivity contribution in [3.63, 3.8) is 0 Å². The number of carbonyl (C=O) groups is 1. The van der Waals surface area contributed by atoms with Crippen LogP contribution in [0, 0.1) is 11.3 Å². The van der Waals surface area contributed by atoms with Crippen LogP contribution in [0.15, 0.2) is 0 Å². The number of carbonyl (C=O) groups excluding carboxylic acids is 1. The van der Waals surface area contributed by atoms with Gasteiger partial charge in [0, 0.05) is 31.2 Å². The molecule has 0 aromatic carbocycles. The van der Waals surface area contributed by atoms with Crippen LogP contribution in [-0.2, 0) is 9.53 Å². The predicted octanol–water partition coefficient (Wildman–Crippen LogP) is 1.60. The van der Waals surface area contributed by atoms with E-state index in [4.69, 9.17) is 4.74 Å². The molecule has 1 amide bonds. The Morgan fingerprint density at radius 2 is 2.15 bits per heavy atom. The summed E-state index contributed by atoms with van der Waals surface area (Å²) in [5.41, 5.74) is -0.288. The van der Waals surface area contributed by atoms with Gasteiger partial charge in [0.2, 0.25) is 5.91 Å². The Kier molecular flexibility index (Phi) is 5.75. The molecule has 0 spiro atoms. The van der Waals surface area contributed by atoms with Gasteiger partial charge in [-0.1, -0.05) is 13.8 Å². The molecule has 2 heterocycles. The summed E-state index contributed by atoms with van der Waals surface area (Å²) in [4.78, 5) is 15.1. The largest absolute Gasteiger partial charge is 0.384 e. The second-order valence-electron chi connectivity index (χ2n) is 6.37. The third-order valence-corrected chi connectivity index (χ3v) is 6.10. The minimum atomic E-state index is -0.288. The van der Waals surface area contributed by atoms with Gasteiger partial charge in [-0.15, -0.1) is 0 Å². The number of hydrogen-bond acceptors (Lipinski definition) is 4. The number of rotatable bonds is 4. The highest BCUT2D eigenvalue weighted by Crippen LogP contribution is 2.34.